The molecule has 1 amide bonds. The number of hydrogen-bond acceptors (Lipinski definition) is 7. The van der Waals surface area contributed by atoms with Crippen LogP contribution in [0.5, 0.6) is 0 Å². The molecule has 1 aromatic heterocycles. The van der Waals surface area contributed by atoms with Gasteiger partial charge in [0.05, 0.1) is 36.8 Å². The number of nitrogens with one attached hydrogen (secondary N) is 2. The molecular formula is C30H40N4O5. The topological polar surface area (TPSA) is 109 Å². The van der Waals surface area contributed by atoms with Gasteiger partial charge in [0.2, 0.25) is 0 Å². The molecule has 2 saturated heterocycles. The Hall–Kier alpha value is -2.98. The van der Waals surface area contributed by atoms with Gasteiger partial charge in [-0.15, -0.1) is 0 Å². The molecule has 0 aliphatic carbocycles. The number of aromatic nitrogens is 2. The maximum absolute atomic E-state index is 13.0. The molecule has 2 aliphatic heterocycles. The van der Waals surface area contributed by atoms with E-state index in [0.717, 1.165) is 40.7 Å². The quantitative estimate of drug-likeness (QED) is 0.342. The van der Waals surface area contributed by atoms with Crippen molar-refractivity contribution < 1.29 is 24.1 Å². The highest BCUT2D eigenvalue weighted by atomic mass is 16.7. The summed E-state index contributed by atoms with van der Waals surface area (Å²) in [5.74, 6) is 0.469. The van der Waals surface area contributed by atoms with Crippen molar-refractivity contribution in [3.8, 4) is 0 Å². The summed E-state index contributed by atoms with van der Waals surface area (Å²) in [6.45, 7) is 9.20. The van der Waals surface area contributed by atoms with Gasteiger partial charge in [-0.05, 0) is 48.9 Å². The first kappa shape index (κ1) is 27.6. The second kappa shape index (κ2) is 12.5. The molecule has 3 heterocycles. The number of benzene rings is 2. The average Bonchev–Trinajstić information content (AvgIpc) is 3.62. The predicted octanol–water partition coefficient (Wildman–Crippen LogP) is 3.79. The van der Waals surface area contributed by atoms with Gasteiger partial charge in [-0.2, -0.15) is 5.10 Å². The molecule has 0 radical (unpaired) electrons. The number of aliphatic hydroxyl groups excluding tert-OH is 1. The summed E-state index contributed by atoms with van der Waals surface area (Å²) < 4.78 is 16.9. The van der Waals surface area contributed by atoms with Gasteiger partial charge in [-0.25, -0.2) is 4.79 Å². The van der Waals surface area contributed by atoms with E-state index in [4.69, 9.17) is 14.2 Å². The fraction of sp³-hybridized carbons (Fsp3) is 0.533. The molecule has 5 rings (SSSR count). The van der Waals surface area contributed by atoms with E-state index in [1.165, 1.54) is 0 Å². The number of nitrogens with zero attached hydrogens (tertiary/aromatic N) is 2. The van der Waals surface area contributed by atoms with E-state index in [9.17, 15) is 9.90 Å². The summed E-state index contributed by atoms with van der Waals surface area (Å²) in [5.41, 5.74) is 4.17. The van der Waals surface area contributed by atoms with E-state index < -0.39 is 18.2 Å². The van der Waals surface area contributed by atoms with Crippen LogP contribution in [0.3, 0.4) is 0 Å². The van der Waals surface area contributed by atoms with Crippen LogP contribution < -0.4 is 5.32 Å². The smallest absolute Gasteiger partial charge is 0.407 e. The third kappa shape index (κ3) is 6.97. The number of aliphatic hydroxyl groups is 1. The fourth-order valence-electron chi connectivity index (χ4n) is 5.68. The second-order valence-corrected chi connectivity index (χ2v) is 11.3. The molecule has 210 valence electrons. The van der Waals surface area contributed by atoms with Gasteiger partial charge < -0.3 is 24.6 Å². The van der Waals surface area contributed by atoms with Crippen molar-refractivity contribution in [2.45, 2.75) is 64.7 Å². The van der Waals surface area contributed by atoms with E-state index in [1.807, 2.05) is 43.3 Å². The molecular weight excluding hydrogens is 496 g/mol. The number of aryl methyl sites for hydroxylation is 1. The van der Waals surface area contributed by atoms with Gasteiger partial charge in [-0.3, -0.25) is 10.00 Å². The lowest BCUT2D eigenvalue weighted by atomic mass is 10.00. The van der Waals surface area contributed by atoms with Crippen LogP contribution >= 0.6 is 0 Å². The Bertz CT molecular complexity index is 1230. The minimum absolute atomic E-state index is 0.0611. The number of rotatable bonds is 11. The number of aromatic amines is 1. The molecule has 0 unspecified atom stereocenters. The monoisotopic (exact) mass is 536 g/mol. The molecule has 0 spiro atoms. The lowest BCUT2D eigenvalue weighted by Gasteiger charge is -2.31. The van der Waals surface area contributed by atoms with Crippen molar-refractivity contribution in [1.82, 2.24) is 20.4 Å². The van der Waals surface area contributed by atoms with Gasteiger partial charge in [0, 0.05) is 30.7 Å². The zero-order chi connectivity index (χ0) is 27.4. The van der Waals surface area contributed by atoms with E-state index in [1.54, 1.807) is 0 Å². The first-order valence-electron chi connectivity index (χ1n) is 13.9. The van der Waals surface area contributed by atoms with E-state index in [2.05, 4.69) is 46.4 Å². The molecule has 3 aromatic rings. The van der Waals surface area contributed by atoms with Crippen LogP contribution in [0.25, 0.3) is 10.9 Å². The third-order valence-electron chi connectivity index (χ3n) is 7.59. The average molecular weight is 537 g/mol. The molecule has 2 fully saturated rings. The van der Waals surface area contributed by atoms with Gasteiger partial charge in [-0.1, -0.05) is 50.2 Å². The molecule has 2 aromatic carbocycles. The number of ether oxygens (including phenoxy) is 3. The maximum atomic E-state index is 13.0. The fourth-order valence-corrected chi connectivity index (χ4v) is 5.68. The summed E-state index contributed by atoms with van der Waals surface area (Å²) in [4.78, 5) is 15.3. The number of alkyl carbamates (subject to hydrolysis) is 1. The molecule has 9 nitrogen and oxygen atoms in total. The van der Waals surface area contributed by atoms with Crippen molar-refractivity contribution in [2.24, 2.45) is 11.8 Å². The second-order valence-electron chi connectivity index (χ2n) is 11.3. The van der Waals surface area contributed by atoms with Crippen LogP contribution in [0.15, 0.2) is 48.5 Å². The highest BCUT2D eigenvalue weighted by Gasteiger charge is 2.44. The van der Waals surface area contributed by atoms with E-state index >= 15 is 0 Å². The standard InChI is InChI=1S/C30H40N4O5/c1-19(2)15-34(16-22-9-10-25-24(13-22)20(3)32-33-25)17-27(35)26(14-21-7-5-4-6-8-21)31-30(36)39-28-18-38-29-23(28)11-12-37-29/h4-10,13,19,23,26-29,35H,11-12,14-18H2,1-3H3,(H,31,36)(H,32,33)/t23-,26-,27+,28-,29+/m0/s1. The first-order chi connectivity index (χ1) is 18.9. The molecule has 0 saturated carbocycles. The minimum atomic E-state index is -0.807. The largest absolute Gasteiger partial charge is 0.443 e. The van der Waals surface area contributed by atoms with Gasteiger partial charge >= 0.3 is 6.09 Å². The van der Waals surface area contributed by atoms with Crippen LogP contribution in [0, 0.1) is 18.8 Å². The molecule has 5 atom stereocenters. The van der Waals surface area contributed by atoms with Gasteiger partial charge in [0.15, 0.2) is 6.29 Å². The Morgan fingerprint density at radius 1 is 1.18 bits per heavy atom. The van der Waals surface area contributed by atoms with Crippen LogP contribution in [-0.4, -0.2) is 77.1 Å². The summed E-state index contributed by atoms with van der Waals surface area (Å²) >= 11 is 0. The lowest BCUT2D eigenvalue weighted by Crippen LogP contribution is -2.50. The Balaban J connectivity index is 1.28. The highest BCUT2D eigenvalue weighted by molar-refractivity contribution is 5.81. The van der Waals surface area contributed by atoms with Gasteiger partial charge in [0.1, 0.15) is 6.10 Å². The summed E-state index contributed by atoms with van der Waals surface area (Å²) in [7, 11) is 0. The zero-order valence-electron chi connectivity index (χ0n) is 23.0. The number of carbonyl (C=O) groups excluding carboxylic acids is 1. The third-order valence-corrected chi connectivity index (χ3v) is 7.59. The Kier molecular flexibility index (Phi) is 8.82. The predicted molar refractivity (Wildman–Crippen MR) is 148 cm³/mol. The molecule has 0 bridgehead atoms. The molecule has 2 aliphatic rings. The molecule has 39 heavy (non-hydrogen) atoms. The van der Waals surface area contributed by atoms with E-state index in [0.29, 0.717) is 38.6 Å². The SMILES string of the molecule is Cc1[nH]nc2ccc(CN(CC(C)C)C[C@@H](O)[C@H](Cc3ccccc3)NC(=O)O[C@H]3CO[C@H]4OCC[C@H]43)cc12. The number of hydrogen-bond donors (Lipinski definition) is 3. The van der Waals surface area contributed by atoms with Crippen LogP contribution in [0.1, 0.15) is 37.1 Å². The van der Waals surface area contributed by atoms with Gasteiger partial charge in [0.25, 0.3) is 0 Å². The highest BCUT2D eigenvalue weighted by Crippen LogP contribution is 2.33. The van der Waals surface area contributed by atoms with Crippen molar-refractivity contribution >= 4 is 17.0 Å². The Morgan fingerprint density at radius 3 is 2.79 bits per heavy atom. The van der Waals surface area contributed by atoms with Crippen LogP contribution in [-0.2, 0) is 27.2 Å². The Labute approximate surface area is 229 Å². The van der Waals surface area contributed by atoms with Crippen molar-refractivity contribution in [1.29, 1.82) is 0 Å². The summed E-state index contributed by atoms with van der Waals surface area (Å²) in [5, 5.41) is 23.0. The van der Waals surface area contributed by atoms with Crippen LogP contribution in [0.4, 0.5) is 4.79 Å². The first-order valence-corrected chi connectivity index (χ1v) is 13.9. The van der Waals surface area contributed by atoms with E-state index in [-0.39, 0.29) is 18.3 Å². The number of amides is 1. The molecule has 3 N–H and O–H groups in total. The number of carbonyl (C=O) groups is 1. The zero-order valence-corrected chi connectivity index (χ0v) is 23.0. The lowest BCUT2D eigenvalue weighted by molar-refractivity contribution is -0.0907. The maximum Gasteiger partial charge on any atom is 0.407 e. The van der Waals surface area contributed by atoms with Crippen molar-refractivity contribution in [3.63, 3.8) is 0 Å². The van der Waals surface area contributed by atoms with Crippen molar-refractivity contribution in [2.75, 3.05) is 26.3 Å². The van der Waals surface area contributed by atoms with Crippen molar-refractivity contribution in [3.05, 3.63) is 65.4 Å². The summed E-state index contributed by atoms with van der Waals surface area (Å²) in [6.07, 6.45) is -0.671. The summed E-state index contributed by atoms with van der Waals surface area (Å²) in [6, 6.07) is 15.7. The normalized spacial score (nSPS) is 22.4. The van der Waals surface area contributed by atoms with Crippen LogP contribution in [0.2, 0.25) is 0 Å². The number of H-pyrrole nitrogens is 1. The Morgan fingerprint density at radius 2 is 2.00 bits per heavy atom. The molecule has 9 heteroatoms. The minimum Gasteiger partial charge on any atom is -0.443 e. The number of fused-ring (bicyclic) bond motifs is 2.